The number of hydrogen-bond acceptors (Lipinski definition) is 5. The lowest BCUT2D eigenvalue weighted by Gasteiger charge is -2.22. The van der Waals surface area contributed by atoms with E-state index in [1.54, 1.807) is 12.1 Å². The number of anilines is 1. The minimum absolute atomic E-state index is 0.105. The second-order valence-electron chi connectivity index (χ2n) is 7.94. The van der Waals surface area contributed by atoms with Gasteiger partial charge in [0, 0.05) is 22.3 Å². The maximum atomic E-state index is 12.7. The Hall–Kier alpha value is -2.65. The standard InChI is InChI=1S/C24H28BrN5O2S/c1-5-30-22(21(15(2)3)27-23(32)17-9-7-6-8-10-17)28-29-24(30)33-14-20(31)26-19-12-11-18(25)13-16(19)4/h6-13,15,21H,5,14H2,1-4H3,(H,26,31)(H,27,32)/t21-/m1/s1. The van der Waals surface area contributed by atoms with Gasteiger partial charge < -0.3 is 15.2 Å². The predicted molar refractivity (Wildman–Crippen MR) is 135 cm³/mol. The third-order valence-corrected chi connectivity index (χ3v) is 6.58. The summed E-state index contributed by atoms with van der Waals surface area (Å²) < 4.78 is 2.92. The minimum Gasteiger partial charge on any atom is -0.342 e. The Morgan fingerprint density at radius 3 is 2.48 bits per heavy atom. The van der Waals surface area contributed by atoms with Crippen molar-refractivity contribution in [3.8, 4) is 0 Å². The fraction of sp³-hybridized carbons (Fsp3) is 0.333. The molecule has 174 valence electrons. The Bertz CT molecular complexity index is 1120. The number of rotatable bonds is 9. The summed E-state index contributed by atoms with van der Waals surface area (Å²) in [7, 11) is 0. The van der Waals surface area contributed by atoms with Crippen LogP contribution in [-0.2, 0) is 11.3 Å². The highest BCUT2D eigenvalue weighted by molar-refractivity contribution is 9.10. The first kappa shape index (κ1) is 25.0. The molecule has 2 aromatic carbocycles. The molecule has 1 atom stereocenters. The Balaban J connectivity index is 1.70. The lowest BCUT2D eigenvalue weighted by molar-refractivity contribution is -0.113. The number of amides is 2. The monoisotopic (exact) mass is 529 g/mol. The number of nitrogens with one attached hydrogen (secondary N) is 2. The Morgan fingerprint density at radius 2 is 1.85 bits per heavy atom. The molecular weight excluding hydrogens is 502 g/mol. The smallest absolute Gasteiger partial charge is 0.251 e. The first-order valence-corrected chi connectivity index (χ1v) is 12.6. The van der Waals surface area contributed by atoms with Crippen molar-refractivity contribution >= 4 is 45.2 Å². The number of carbonyl (C=O) groups is 2. The highest BCUT2D eigenvalue weighted by Crippen LogP contribution is 2.26. The summed E-state index contributed by atoms with van der Waals surface area (Å²) >= 11 is 4.76. The zero-order valence-corrected chi connectivity index (χ0v) is 21.5. The summed E-state index contributed by atoms with van der Waals surface area (Å²) in [6.45, 7) is 8.64. The van der Waals surface area contributed by atoms with Gasteiger partial charge >= 0.3 is 0 Å². The molecule has 2 amide bonds. The average Bonchev–Trinajstić information content (AvgIpc) is 3.20. The highest BCUT2D eigenvalue weighted by atomic mass is 79.9. The Kier molecular flexibility index (Phi) is 8.68. The van der Waals surface area contributed by atoms with Crippen LogP contribution in [0.1, 0.15) is 48.6 Å². The van der Waals surface area contributed by atoms with Crippen molar-refractivity contribution < 1.29 is 9.59 Å². The van der Waals surface area contributed by atoms with Crippen LogP contribution in [0, 0.1) is 12.8 Å². The van der Waals surface area contributed by atoms with E-state index in [2.05, 4.69) is 36.8 Å². The van der Waals surface area contributed by atoms with E-state index in [0.29, 0.717) is 23.1 Å². The van der Waals surface area contributed by atoms with Crippen LogP contribution in [0.15, 0.2) is 58.2 Å². The summed E-state index contributed by atoms with van der Waals surface area (Å²) in [4.78, 5) is 25.3. The molecule has 1 heterocycles. The van der Waals surface area contributed by atoms with Crippen LogP contribution in [0.25, 0.3) is 0 Å². The predicted octanol–water partition coefficient (Wildman–Crippen LogP) is 5.23. The molecule has 0 bridgehead atoms. The van der Waals surface area contributed by atoms with Gasteiger partial charge in [-0.25, -0.2) is 0 Å². The highest BCUT2D eigenvalue weighted by Gasteiger charge is 2.26. The molecule has 3 rings (SSSR count). The van der Waals surface area contributed by atoms with Crippen LogP contribution in [0.3, 0.4) is 0 Å². The molecular formula is C24H28BrN5O2S. The van der Waals surface area contributed by atoms with Gasteiger partial charge in [0.1, 0.15) is 0 Å². The molecule has 33 heavy (non-hydrogen) atoms. The van der Waals surface area contributed by atoms with Crippen LogP contribution >= 0.6 is 27.7 Å². The maximum absolute atomic E-state index is 12.7. The van der Waals surface area contributed by atoms with E-state index in [0.717, 1.165) is 15.7 Å². The van der Waals surface area contributed by atoms with Gasteiger partial charge in [-0.05, 0) is 55.7 Å². The van der Waals surface area contributed by atoms with E-state index in [9.17, 15) is 9.59 Å². The van der Waals surface area contributed by atoms with Gasteiger partial charge in [0.15, 0.2) is 11.0 Å². The molecule has 0 fully saturated rings. The normalized spacial score (nSPS) is 11.9. The molecule has 3 aromatic rings. The summed E-state index contributed by atoms with van der Waals surface area (Å²) in [6.07, 6.45) is 0. The molecule has 0 aliphatic rings. The Labute approximate surface area is 206 Å². The third-order valence-electron chi connectivity index (χ3n) is 5.12. The first-order valence-electron chi connectivity index (χ1n) is 10.8. The van der Waals surface area contributed by atoms with Crippen molar-refractivity contribution in [3.05, 3.63) is 70.0 Å². The summed E-state index contributed by atoms with van der Waals surface area (Å²) in [5.41, 5.74) is 2.36. The molecule has 2 N–H and O–H groups in total. The molecule has 0 saturated heterocycles. The second-order valence-corrected chi connectivity index (χ2v) is 9.80. The Morgan fingerprint density at radius 1 is 1.12 bits per heavy atom. The van der Waals surface area contributed by atoms with Crippen molar-refractivity contribution in [3.63, 3.8) is 0 Å². The van der Waals surface area contributed by atoms with Crippen LogP contribution < -0.4 is 10.6 Å². The number of hydrogen-bond donors (Lipinski definition) is 2. The minimum atomic E-state index is -0.307. The van der Waals surface area contributed by atoms with Crippen molar-refractivity contribution in [1.29, 1.82) is 0 Å². The van der Waals surface area contributed by atoms with Crippen molar-refractivity contribution in [1.82, 2.24) is 20.1 Å². The van der Waals surface area contributed by atoms with Gasteiger partial charge in [-0.1, -0.05) is 59.7 Å². The third kappa shape index (κ3) is 6.45. The van der Waals surface area contributed by atoms with E-state index in [1.165, 1.54) is 11.8 Å². The van der Waals surface area contributed by atoms with Gasteiger partial charge in [-0.15, -0.1) is 10.2 Å². The van der Waals surface area contributed by atoms with E-state index >= 15 is 0 Å². The van der Waals surface area contributed by atoms with Crippen molar-refractivity contribution in [2.24, 2.45) is 5.92 Å². The van der Waals surface area contributed by atoms with Crippen molar-refractivity contribution in [2.75, 3.05) is 11.1 Å². The van der Waals surface area contributed by atoms with Gasteiger partial charge in [-0.2, -0.15) is 0 Å². The molecule has 0 spiro atoms. The molecule has 0 aliphatic heterocycles. The van der Waals surface area contributed by atoms with Crippen LogP contribution in [0.4, 0.5) is 5.69 Å². The number of aromatic nitrogens is 3. The molecule has 1 aromatic heterocycles. The zero-order chi connectivity index (χ0) is 24.0. The summed E-state index contributed by atoms with van der Waals surface area (Å²) in [5, 5.41) is 15.4. The lowest BCUT2D eigenvalue weighted by Crippen LogP contribution is -2.33. The van der Waals surface area contributed by atoms with Crippen molar-refractivity contribution in [2.45, 2.75) is 45.4 Å². The quantitative estimate of drug-likeness (QED) is 0.370. The summed E-state index contributed by atoms with van der Waals surface area (Å²) in [5.74, 6) is 0.724. The zero-order valence-electron chi connectivity index (χ0n) is 19.1. The molecule has 0 saturated carbocycles. The number of thioether (sulfide) groups is 1. The van der Waals surface area contributed by atoms with Crippen LogP contribution in [0.5, 0.6) is 0 Å². The number of carbonyl (C=O) groups excluding carboxylic acids is 2. The van der Waals surface area contributed by atoms with Gasteiger partial charge in [-0.3, -0.25) is 9.59 Å². The number of halogens is 1. The second kappa shape index (κ2) is 11.5. The van der Waals surface area contributed by atoms with E-state index < -0.39 is 0 Å². The molecule has 9 heteroatoms. The van der Waals surface area contributed by atoms with Gasteiger partial charge in [0.2, 0.25) is 5.91 Å². The topological polar surface area (TPSA) is 88.9 Å². The van der Waals surface area contributed by atoms with Crippen LogP contribution in [-0.4, -0.2) is 32.3 Å². The van der Waals surface area contributed by atoms with E-state index in [-0.39, 0.29) is 29.5 Å². The van der Waals surface area contributed by atoms with Gasteiger partial charge in [0.05, 0.1) is 11.8 Å². The number of nitrogens with zero attached hydrogens (tertiary/aromatic N) is 3. The maximum Gasteiger partial charge on any atom is 0.251 e. The van der Waals surface area contributed by atoms with E-state index in [4.69, 9.17) is 0 Å². The molecule has 0 aliphatic carbocycles. The first-order chi connectivity index (χ1) is 15.8. The fourth-order valence-corrected chi connectivity index (χ4v) is 4.65. The fourth-order valence-electron chi connectivity index (χ4n) is 3.36. The largest absolute Gasteiger partial charge is 0.342 e. The number of benzene rings is 2. The van der Waals surface area contributed by atoms with Gasteiger partial charge in [0.25, 0.3) is 5.91 Å². The lowest BCUT2D eigenvalue weighted by atomic mass is 10.0. The molecule has 0 radical (unpaired) electrons. The van der Waals surface area contributed by atoms with Crippen LogP contribution in [0.2, 0.25) is 0 Å². The molecule has 0 unspecified atom stereocenters. The number of aryl methyl sites for hydroxylation is 1. The average molecular weight is 530 g/mol. The summed E-state index contributed by atoms with van der Waals surface area (Å²) in [6, 6.07) is 14.5. The molecule has 7 nitrogen and oxygen atoms in total. The SMILES string of the molecule is CCn1c(SCC(=O)Nc2ccc(Br)cc2C)nnc1[C@H](NC(=O)c1ccccc1)C(C)C. The van der Waals surface area contributed by atoms with E-state index in [1.807, 2.05) is 68.7 Å².